The van der Waals surface area contributed by atoms with Gasteiger partial charge in [-0.3, -0.25) is 4.79 Å². The quantitative estimate of drug-likeness (QED) is 0.708. The van der Waals surface area contributed by atoms with Crippen LogP contribution in [0.1, 0.15) is 31.4 Å². The van der Waals surface area contributed by atoms with Crippen LogP contribution in [0.4, 0.5) is 0 Å². The van der Waals surface area contributed by atoms with E-state index in [2.05, 4.69) is 11.9 Å². The lowest BCUT2D eigenvalue weighted by molar-refractivity contribution is 0.636. The topological polar surface area (TPSA) is 58.9 Å². The van der Waals surface area contributed by atoms with Gasteiger partial charge >= 0.3 is 0 Å². The largest absolute Gasteiger partial charge is 0.329 e. The summed E-state index contributed by atoms with van der Waals surface area (Å²) in [5.74, 6) is 0. The fourth-order valence-corrected chi connectivity index (χ4v) is 1.13. The van der Waals surface area contributed by atoms with E-state index in [1.165, 1.54) is 6.07 Å². The molecule has 0 aromatic carbocycles. The van der Waals surface area contributed by atoms with Gasteiger partial charge in [-0.05, 0) is 12.0 Å². The van der Waals surface area contributed by atoms with E-state index in [0.717, 1.165) is 18.4 Å². The highest BCUT2D eigenvalue weighted by molar-refractivity contribution is 5.12. The molecule has 0 saturated heterocycles. The van der Waals surface area contributed by atoms with Crippen LogP contribution in [0.15, 0.2) is 23.1 Å². The Bertz CT molecular complexity index is 272. The van der Waals surface area contributed by atoms with Crippen molar-refractivity contribution in [3.63, 3.8) is 0 Å². The predicted octanol–water partition coefficient (Wildman–Crippen LogP) is 1.17. The molecule has 1 unspecified atom stereocenters. The Morgan fingerprint density at radius 1 is 1.58 bits per heavy atom. The van der Waals surface area contributed by atoms with E-state index < -0.39 is 0 Å². The van der Waals surface area contributed by atoms with Crippen LogP contribution >= 0.6 is 0 Å². The fraction of sp³-hybridized carbons (Fsp3) is 0.444. The molecule has 66 valence electrons. The second-order valence-corrected chi connectivity index (χ2v) is 2.88. The molecule has 3 heteroatoms. The Labute approximate surface area is 71.6 Å². The van der Waals surface area contributed by atoms with Crippen LogP contribution in [-0.4, -0.2) is 4.98 Å². The highest BCUT2D eigenvalue weighted by Crippen LogP contribution is 2.12. The molecule has 0 aliphatic rings. The van der Waals surface area contributed by atoms with Gasteiger partial charge in [0.25, 0.3) is 0 Å². The van der Waals surface area contributed by atoms with E-state index >= 15 is 0 Å². The highest BCUT2D eigenvalue weighted by atomic mass is 16.1. The van der Waals surface area contributed by atoms with Crippen LogP contribution in [0.3, 0.4) is 0 Å². The van der Waals surface area contributed by atoms with E-state index in [9.17, 15) is 4.79 Å². The monoisotopic (exact) mass is 166 g/mol. The van der Waals surface area contributed by atoms with Gasteiger partial charge in [0.05, 0.1) is 0 Å². The van der Waals surface area contributed by atoms with Crippen LogP contribution in [0.5, 0.6) is 0 Å². The smallest absolute Gasteiger partial charge is 0.247 e. The lowest BCUT2D eigenvalue weighted by Crippen LogP contribution is -2.12. The van der Waals surface area contributed by atoms with Gasteiger partial charge in [0, 0.05) is 18.3 Å². The molecule has 1 atom stereocenters. The summed E-state index contributed by atoms with van der Waals surface area (Å²) in [7, 11) is 0. The summed E-state index contributed by atoms with van der Waals surface area (Å²) in [6.07, 6.45) is 3.69. The molecule has 0 aliphatic carbocycles. The van der Waals surface area contributed by atoms with Gasteiger partial charge in [0.1, 0.15) is 0 Å². The number of H-pyrrole nitrogens is 1. The average Bonchev–Trinajstić information content (AvgIpc) is 2.06. The lowest BCUT2D eigenvalue weighted by Gasteiger charge is -2.08. The first-order valence-corrected chi connectivity index (χ1v) is 4.18. The molecule has 0 bridgehead atoms. The number of aromatic amines is 1. The van der Waals surface area contributed by atoms with E-state index in [4.69, 9.17) is 5.73 Å². The van der Waals surface area contributed by atoms with Crippen molar-refractivity contribution in [3.05, 3.63) is 34.2 Å². The first kappa shape index (κ1) is 9.00. The zero-order valence-corrected chi connectivity index (χ0v) is 7.21. The van der Waals surface area contributed by atoms with Gasteiger partial charge in [-0.2, -0.15) is 0 Å². The molecule has 0 spiro atoms. The molecule has 3 N–H and O–H groups in total. The number of hydrogen-bond acceptors (Lipinski definition) is 2. The standard InChI is InChI=1S/C9H14N2O/c1-2-3-8(10)7-4-5-9(12)11-6-7/h4-6,8H,2-3,10H2,1H3,(H,11,12). The Morgan fingerprint density at radius 3 is 2.83 bits per heavy atom. The maximum Gasteiger partial charge on any atom is 0.247 e. The van der Waals surface area contributed by atoms with Crippen LogP contribution in [0, 0.1) is 0 Å². The van der Waals surface area contributed by atoms with Crippen molar-refractivity contribution in [1.82, 2.24) is 4.98 Å². The summed E-state index contributed by atoms with van der Waals surface area (Å²) in [5, 5.41) is 0. The fourth-order valence-electron chi connectivity index (χ4n) is 1.13. The van der Waals surface area contributed by atoms with Gasteiger partial charge < -0.3 is 10.7 Å². The zero-order valence-electron chi connectivity index (χ0n) is 7.21. The number of rotatable bonds is 3. The molecule has 0 saturated carbocycles. The van der Waals surface area contributed by atoms with Crippen LogP contribution < -0.4 is 11.3 Å². The first-order chi connectivity index (χ1) is 5.74. The van der Waals surface area contributed by atoms with E-state index in [1.54, 1.807) is 12.3 Å². The minimum absolute atomic E-state index is 0.0480. The summed E-state index contributed by atoms with van der Waals surface area (Å²) < 4.78 is 0. The molecule has 0 radical (unpaired) electrons. The van der Waals surface area contributed by atoms with Gasteiger partial charge in [-0.25, -0.2) is 0 Å². The molecular formula is C9H14N2O. The molecular weight excluding hydrogens is 152 g/mol. The first-order valence-electron chi connectivity index (χ1n) is 4.18. The summed E-state index contributed by atoms with van der Waals surface area (Å²) >= 11 is 0. The van der Waals surface area contributed by atoms with Crippen LogP contribution in [0.2, 0.25) is 0 Å². The second kappa shape index (κ2) is 4.07. The van der Waals surface area contributed by atoms with Crippen molar-refractivity contribution in [1.29, 1.82) is 0 Å². The molecule has 1 rings (SSSR count). The molecule has 3 nitrogen and oxygen atoms in total. The van der Waals surface area contributed by atoms with Gasteiger partial charge in [-0.1, -0.05) is 19.4 Å². The Hall–Kier alpha value is -1.09. The number of nitrogens with one attached hydrogen (secondary N) is 1. The summed E-state index contributed by atoms with van der Waals surface area (Å²) in [6, 6.07) is 3.33. The maximum atomic E-state index is 10.7. The molecule has 0 amide bonds. The molecule has 1 heterocycles. The van der Waals surface area contributed by atoms with Crippen molar-refractivity contribution in [3.8, 4) is 0 Å². The van der Waals surface area contributed by atoms with Crippen molar-refractivity contribution in [2.75, 3.05) is 0 Å². The molecule has 1 aromatic heterocycles. The normalized spacial score (nSPS) is 12.8. The maximum absolute atomic E-state index is 10.7. The van der Waals surface area contributed by atoms with Gasteiger partial charge in [-0.15, -0.1) is 0 Å². The minimum Gasteiger partial charge on any atom is -0.329 e. The van der Waals surface area contributed by atoms with Crippen molar-refractivity contribution >= 4 is 0 Å². The van der Waals surface area contributed by atoms with Crippen molar-refractivity contribution < 1.29 is 0 Å². The average molecular weight is 166 g/mol. The lowest BCUT2D eigenvalue weighted by atomic mass is 10.1. The van der Waals surface area contributed by atoms with Gasteiger partial charge in [0.2, 0.25) is 5.56 Å². The Kier molecular flexibility index (Phi) is 3.05. The van der Waals surface area contributed by atoms with Crippen molar-refractivity contribution in [2.45, 2.75) is 25.8 Å². The summed E-state index contributed by atoms with van der Waals surface area (Å²) in [4.78, 5) is 13.3. The van der Waals surface area contributed by atoms with Crippen molar-refractivity contribution in [2.24, 2.45) is 5.73 Å². The molecule has 0 aliphatic heterocycles. The van der Waals surface area contributed by atoms with Gasteiger partial charge in [0.15, 0.2) is 0 Å². The third-order valence-electron chi connectivity index (χ3n) is 1.84. The third-order valence-corrected chi connectivity index (χ3v) is 1.84. The SMILES string of the molecule is CCCC(N)c1ccc(=O)[nH]c1. The summed E-state index contributed by atoms with van der Waals surface area (Å²) in [6.45, 7) is 2.09. The predicted molar refractivity (Wildman–Crippen MR) is 48.9 cm³/mol. The summed E-state index contributed by atoms with van der Waals surface area (Å²) in [5.41, 5.74) is 6.75. The molecule has 1 aromatic rings. The van der Waals surface area contributed by atoms with E-state index in [1.807, 2.05) is 0 Å². The number of nitrogens with two attached hydrogens (primary N) is 1. The number of hydrogen-bond donors (Lipinski definition) is 2. The zero-order chi connectivity index (χ0) is 8.97. The van der Waals surface area contributed by atoms with Crippen LogP contribution in [0.25, 0.3) is 0 Å². The Morgan fingerprint density at radius 2 is 2.33 bits per heavy atom. The third kappa shape index (κ3) is 2.20. The highest BCUT2D eigenvalue weighted by Gasteiger charge is 2.02. The second-order valence-electron chi connectivity index (χ2n) is 2.88. The Balaban J connectivity index is 2.75. The molecule has 12 heavy (non-hydrogen) atoms. The minimum atomic E-state index is -0.0811. The number of pyridine rings is 1. The van der Waals surface area contributed by atoms with E-state index in [0.29, 0.717) is 0 Å². The van der Waals surface area contributed by atoms with Crippen LogP contribution in [-0.2, 0) is 0 Å². The molecule has 0 fully saturated rings. The number of aromatic nitrogens is 1. The van der Waals surface area contributed by atoms with E-state index in [-0.39, 0.29) is 11.6 Å².